The van der Waals surface area contributed by atoms with Gasteiger partial charge in [-0.15, -0.1) is 0 Å². The highest BCUT2D eigenvalue weighted by atomic mass is 32.1. The van der Waals surface area contributed by atoms with Gasteiger partial charge in [0.1, 0.15) is 6.61 Å². The average Bonchev–Trinajstić information content (AvgIpc) is 2.86. The number of aromatic nitrogens is 1. The molecule has 0 atom stereocenters. The molecule has 2 rings (SSSR count). The van der Waals surface area contributed by atoms with E-state index in [1.165, 1.54) is 16.2 Å². The van der Waals surface area contributed by atoms with Crippen molar-refractivity contribution >= 4 is 32.6 Å². The molecular formula is C13H16N2O3S. The van der Waals surface area contributed by atoms with Crippen LogP contribution in [0, 0.1) is 0 Å². The monoisotopic (exact) mass is 280 g/mol. The number of nitrogens with zero attached hydrogens (tertiary/aromatic N) is 2. The van der Waals surface area contributed by atoms with E-state index in [-0.39, 0.29) is 12.5 Å². The molecule has 0 aliphatic heterocycles. The minimum absolute atomic E-state index is 0.0375. The Kier molecular flexibility index (Phi) is 4.84. The quantitative estimate of drug-likeness (QED) is 0.759. The van der Waals surface area contributed by atoms with Gasteiger partial charge >= 0.3 is 0 Å². The summed E-state index contributed by atoms with van der Waals surface area (Å²) in [6.07, 6.45) is 0. The second-order valence-electron chi connectivity index (χ2n) is 3.96. The number of methoxy groups -OCH3 is 1. The third kappa shape index (κ3) is 3.50. The Morgan fingerprint density at radius 3 is 2.89 bits per heavy atom. The number of para-hydroxylation sites is 1. The van der Waals surface area contributed by atoms with E-state index in [0.29, 0.717) is 18.3 Å². The predicted molar refractivity (Wildman–Crippen MR) is 75.7 cm³/mol. The Bertz CT molecular complexity index is 523. The van der Waals surface area contributed by atoms with E-state index in [1.807, 2.05) is 24.3 Å². The summed E-state index contributed by atoms with van der Waals surface area (Å²) in [6.45, 7) is 0.934. The first-order valence-electron chi connectivity index (χ1n) is 5.91. The van der Waals surface area contributed by atoms with Crippen LogP contribution in [0.4, 0.5) is 5.13 Å². The first kappa shape index (κ1) is 13.9. The number of rotatable bonds is 6. The number of thiazole rings is 1. The normalized spacial score (nSPS) is 10.8. The molecular weight excluding hydrogens is 264 g/mol. The summed E-state index contributed by atoms with van der Waals surface area (Å²) in [5.74, 6) is -0.116. The number of carbonyl (C=O) groups excluding carboxylic acids is 1. The maximum absolute atomic E-state index is 11.9. The fourth-order valence-corrected chi connectivity index (χ4v) is 2.45. The lowest BCUT2D eigenvalue weighted by molar-refractivity contribution is -0.123. The van der Waals surface area contributed by atoms with Gasteiger partial charge < -0.3 is 9.47 Å². The largest absolute Gasteiger partial charge is 0.382 e. The van der Waals surface area contributed by atoms with Crippen molar-refractivity contribution in [3.63, 3.8) is 0 Å². The van der Waals surface area contributed by atoms with Gasteiger partial charge in [-0.3, -0.25) is 9.69 Å². The van der Waals surface area contributed by atoms with Crippen molar-refractivity contribution in [1.29, 1.82) is 0 Å². The van der Waals surface area contributed by atoms with E-state index >= 15 is 0 Å². The van der Waals surface area contributed by atoms with Gasteiger partial charge in [0, 0.05) is 14.2 Å². The van der Waals surface area contributed by atoms with E-state index in [1.54, 1.807) is 14.2 Å². The lowest BCUT2D eigenvalue weighted by Gasteiger charge is -2.13. The summed E-state index contributed by atoms with van der Waals surface area (Å²) >= 11 is 1.49. The van der Waals surface area contributed by atoms with Crippen molar-refractivity contribution in [3.8, 4) is 0 Å². The third-order valence-electron chi connectivity index (χ3n) is 2.60. The summed E-state index contributed by atoms with van der Waals surface area (Å²) in [5.41, 5.74) is 0.905. The number of hydrogen-bond acceptors (Lipinski definition) is 5. The zero-order valence-electron chi connectivity index (χ0n) is 11.0. The molecule has 0 saturated carbocycles. The van der Waals surface area contributed by atoms with Crippen LogP contribution in [0.25, 0.3) is 10.2 Å². The van der Waals surface area contributed by atoms with Crippen LogP contribution in [0.3, 0.4) is 0 Å². The number of fused-ring (bicyclic) bond motifs is 1. The molecule has 1 amide bonds. The summed E-state index contributed by atoms with van der Waals surface area (Å²) in [5, 5.41) is 0.682. The van der Waals surface area contributed by atoms with E-state index in [0.717, 1.165) is 10.2 Å². The average molecular weight is 280 g/mol. The third-order valence-corrected chi connectivity index (χ3v) is 3.71. The molecule has 0 radical (unpaired) electrons. The molecule has 1 heterocycles. The topological polar surface area (TPSA) is 51.7 Å². The first-order valence-corrected chi connectivity index (χ1v) is 6.73. The van der Waals surface area contributed by atoms with E-state index < -0.39 is 0 Å². The molecule has 0 aliphatic rings. The molecule has 0 bridgehead atoms. The number of amides is 1. The second kappa shape index (κ2) is 6.60. The second-order valence-corrected chi connectivity index (χ2v) is 4.97. The molecule has 1 aromatic heterocycles. The predicted octanol–water partition coefficient (Wildman–Crippen LogP) is 1.92. The first-order chi connectivity index (χ1) is 9.22. The summed E-state index contributed by atoms with van der Waals surface area (Å²) < 4.78 is 11.1. The number of carbonyl (C=O) groups is 1. The van der Waals surface area contributed by atoms with Crippen LogP contribution in [-0.2, 0) is 14.3 Å². The SMILES string of the molecule is COCCOCC(=O)N(C)c1nc2ccccc2s1. The van der Waals surface area contributed by atoms with Crippen molar-refractivity contribution in [2.75, 3.05) is 38.9 Å². The molecule has 0 N–H and O–H groups in total. The minimum Gasteiger partial charge on any atom is -0.382 e. The lowest BCUT2D eigenvalue weighted by atomic mass is 10.3. The standard InChI is InChI=1S/C13H16N2O3S/c1-15(12(16)9-18-8-7-17-2)13-14-10-5-3-4-6-11(10)19-13/h3-6H,7-9H2,1-2H3. The highest BCUT2D eigenvalue weighted by molar-refractivity contribution is 7.22. The van der Waals surface area contributed by atoms with Crippen LogP contribution in [0.15, 0.2) is 24.3 Å². The Morgan fingerprint density at radius 2 is 2.16 bits per heavy atom. The van der Waals surface area contributed by atoms with Crippen molar-refractivity contribution in [2.45, 2.75) is 0 Å². The molecule has 0 aliphatic carbocycles. The van der Waals surface area contributed by atoms with Crippen molar-refractivity contribution in [1.82, 2.24) is 4.98 Å². The van der Waals surface area contributed by atoms with Crippen molar-refractivity contribution in [3.05, 3.63) is 24.3 Å². The number of likely N-dealkylation sites (N-methyl/N-ethyl adjacent to an activating group) is 1. The molecule has 0 fully saturated rings. The van der Waals surface area contributed by atoms with Crippen LogP contribution in [0.1, 0.15) is 0 Å². The highest BCUT2D eigenvalue weighted by Crippen LogP contribution is 2.27. The Hall–Kier alpha value is -1.50. The molecule has 19 heavy (non-hydrogen) atoms. The molecule has 6 heteroatoms. The summed E-state index contributed by atoms with van der Waals surface area (Å²) in [7, 11) is 3.30. The Morgan fingerprint density at radius 1 is 1.37 bits per heavy atom. The summed E-state index contributed by atoms with van der Waals surface area (Å²) in [6, 6.07) is 7.81. The Balaban J connectivity index is 1.98. The molecule has 2 aromatic rings. The molecule has 0 spiro atoms. The molecule has 0 saturated heterocycles. The van der Waals surface area contributed by atoms with Crippen LogP contribution < -0.4 is 4.90 Å². The van der Waals surface area contributed by atoms with Gasteiger partial charge in [-0.2, -0.15) is 0 Å². The number of ether oxygens (including phenoxy) is 2. The molecule has 0 unspecified atom stereocenters. The van der Waals surface area contributed by atoms with Gasteiger partial charge in [-0.25, -0.2) is 4.98 Å². The highest BCUT2D eigenvalue weighted by Gasteiger charge is 2.15. The van der Waals surface area contributed by atoms with Gasteiger partial charge in [-0.05, 0) is 12.1 Å². The maximum atomic E-state index is 11.9. The van der Waals surface area contributed by atoms with Gasteiger partial charge in [0.05, 0.1) is 23.4 Å². The van der Waals surface area contributed by atoms with Crippen LogP contribution in [0.2, 0.25) is 0 Å². The van der Waals surface area contributed by atoms with Gasteiger partial charge in [0.15, 0.2) is 5.13 Å². The van der Waals surface area contributed by atoms with Gasteiger partial charge in [0.2, 0.25) is 0 Å². The van der Waals surface area contributed by atoms with Crippen molar-refractivity contribution in [2.24, 2.45) is 0 Å². The fourth-order valence-electron chi connectivity index (χ4n) is 1.51. The zero-order valence-corrected chi connectivity index (χ0v) is 11.8. The van der Waals surface area contributed by atoms with Gasteiger partial charge in [-0.1, -0.05) is 23.5 Å². The molecule has 1 aromatic carbocycles. The number of benzene rings is 1. The van der Waals surface area contributed by atoms with E-state index in [4.69, 9.17) is 9.47 Å². The zero-order chi connectivity index (χ0) is 13.7. The van der Waals surface area contributed by atoms with Crippen LogP contribution >= 0.6 is 11.3 Å². The summed E-state index contributed by atoms with van der Waals surface area (Å²) in [4.78, 5) is 17.9. The number of anilines is 1. The lowest BCUT2D eigenvalue weighted by Crippen LogP contribution is -2.30. The molecule has 5 nitrogen and oxygen atoms in total. The maximum Gasteiger partial charge on any atom is 0.254 e. The number of hydrogen-bond donors (Lipinski definition) is 0. The molecule has 102 valence electrons. The smallest absolute Gasteiger partial charge is 0.254 e. The van der Waals surface area contributed by atoms with Crippen LogP contribution in [0.5, 0.6) is 0 Å². The van der Waals surface area contributed by atoms with E-state index in [2.05, 4.69) is 4.98 Å². The van der Waals surface area contributed by atoms with E-state index in [9.17, 15) is 4.79 Å². The van der Waals surface area contributed by atoms with Crippen LogP contribution in [-0.4, -0.2) is 44.9 Å². The van der Waals surface area contributed by atoms with Gasteiger partial charge in [0.25, 0.3) is 5.91 Å². The minimum atomic E-state index is -0.116. The Labute approximate surface area is 115 Å². The van der Waals surface area contributed by atoms with Crippen molar-refractivity contribution < 1.29 is 14.3 Å². The fraction of sp³-hybridized carbons (Fsp3) is 0.385.